The Labute approximate surface area is 136 Å². The van der Waals surface area contributed by atoms with Crippen molar-refractivity contribution < 1.29 is 0 Å². The average Bonchev–Trinajstić information content (AvgIpc) is 3.15. The molecule has 0 amide bonds. The molecule has 2 aromatic heterocycles. The number of nitrogens with zero attached hydrogens (tertiary/aromatic N) is 3. The highest BCUT2D eigenvalue weighted by molar-refractivity contribution is 5.90. The molecule has 0 fully saturated rings. The number of allylic oxidation sites excluding steroid dienone is 1. The van der Waals surface area contributed by atoms with Gasteiger partial charge in [0.05, 0.1) is 5.52 Å². The molecule has 1 aliphatic heterocycles. The smallest absolute Gasteiger partial charge is 0.134 e. The standard InChI is InChI=1S/C19H22N4/c1-13-4-5-17-15(10-13)16-12-22(3)9-6-18(16)23(17)11-14(2)19-20-7-8-21-19/h4-5,7-8,10-11H,6,9,12H2,1-3H3,(H,20,21). The third-order valence-electron chi connectivity index (χ3n) is 4.73. The van der Waals surface area contributed by atoms with Gasteiger partial charge in [0, 0.05) is 54.8 Å². The van der Waals surface area contributed by atoms with Crippen LogP contribution >= 0.6 is 0 Å². The lowest BCUT2D eigenvalue weighted by molar-refractivity contribution is 0.312. The maximum atomic E-state index is 4.37. The molecule has 0 unspecified atom stereocenters. The Hall–Kier alpha value is -2.33. The van der Waals surface area contributed by atoms with Crippen LogP contribution in [0, 0.1) is 6.92 Å². The van der Waals surface area contributed by atoms with Gasteiger partial charge in [0.1, 0.15) is 5.82 Å². The van der Waals surface area contributed by atoms with E-state index in [9.17, 15) is 0 Å². The molecule has 118 valence electrons. The monoisotopic (exact) mass is 306 g/mol. The quantitative estimate of drug-likeness (QED) is 0.784. The number of rotatable bonds is 2. The Morgan fingerprint density at radius 2 is 2.22 bits per heavy atom. The predicted molar refractivity (Wildman–Crippen MR) is 95.1 cm³/mol. The summed E-state index contributed by atoms with van der Waals surface area (Å²) in [4.78, 5) is 9.96. The fourth-order valence-electron chi connectivity index (χ4n) is 3.52. The Balaban J connectivity index is 1.94. The molecular formula is C19H22N4. The lowest BCUT2D eigenvalue weighted by Crippen LogP contribution is -2.26. The molecule has 23 heavy (non-hydrogen) atoms. The van der Waals surface area contributed by atoms with E-state index in [1.54, 1.807) is 6.20 Å². The van der Waals surface area contributed by atoms with Gasteiger partial charge in [-0.2, -0.15) is 0 Å². The number of H-pyrrole nitrogens is 1. The minimum Gasteiger partial charge on any atom is -0.345 e. The lowest BCUT2D eigenvalue weighted by Gasteiger charge is -2.23. The first-order chi connectivity index (χ1) is 11.1. The van der Waals surface area contributed by atoms with Crippen molar-refractivity contribution in [1.29, 1.82) is 0 Å². The third kappa shape index (κ3) is 2.39. The van der Waals surface area contributed by atoms with Crippen LogP contribution in [0.2, 0.25) is 0 Å². The van der Waals surface area contributed by atoms with Crippen LogP contribution in [-0.2, 0) is 13.0 Å². The number of aryl methyl sites for hydroxylation is 1. The summed E-state index contributed by atoms with van der Waals surface area (Å²) in [7, 11) is 2.20. The van der Waals surface area contributed by atoms with Gasteiger partial charge in [0.15, 0.2) is 0 Å². The van der Waals surface area contributed by atoms with Crippen molar-refractivity contribution >= 4 is 22.7 Å². The van der Waals surface area contributed by atoms with E-state index >= 15 is 0 Å². The summed E-state index contributed by atoms with van der Waals surface area (Å²) >= 11 is 0. The molecule has 0 bridgehead atoms. The first-order valence-corrected chi connectivity index (χ1v) is 8.12. The first-order valence-electron chi connectivity index (χ1n) is 8.12. The molecule has 0 saturated carbocycles. The zero-order valence-corrected chi connectivity index (χ0v) is 13.9. The topological polar surface area (TPSA) is 36.9 Å². The Bertz CT molecular complexity index is 884. The molecule has 3 aromatic rings. The zero-order valence-electron chi connectivity index (χ0n) is 13.9. The molecule has 1 N–H and O–H groups in total. The van der Waals surface area contributed by atoms with Gasteiger partial charge < -0.3 is 14.5 Å². The van der Waals surface area contributed by atoms with Crippen LogP contribution in [0.25, 0.3) is 22.7 Å². The zero-order chi connectivity index (χ0) is 16.0. The van der Waals surface area contributed by atoms with E-state index in [-0.39, 0.29) is 0 Å². The molecule has 4 nitrogen and oxygen atoms in total. The molecule has 4 heteroatoms. The van der Waals surface area contributed by atoms with Gasteiger partial charge in [-0.05, 0) is 38.6 Å². The molecule has 1 aliphatic rings. The van der Waals surface area contributed by atoms with E-state index < -0.39 is 0 Å². The molecule has 0 radical (unpaired) electrons. The molecule has 0 spiro atoms. The molecule has 1 aromatic carbocycles. The number of nitrogens with one attached hydrogen (secondary N) is 1. The van der Waals surface area contributed by atoms with Gasteiger partial charge in [-0.1, -0.05) is 11.6 Å². The van der Waals surface area contributed by atoms with Crippen molar-refractivity contribution in [1.82, 2.24) is 19.4 Å². The summed E-state index contributed by atoms with van der Waals surface area (Å²) in [5.74, 6) is 0.931. The summed E-state index contributed by atoms with van der Waals surface area (Å²) in [5, 5.41) is 1.38. The third-order valence-corrected chi connectivity index (χ3v) is 4.73. The largest absolute Gasteiger partial charge is 0.345 e. The second kappa shape index (κ2) is 5.39. The maximum absolute atomic E-state index is 4.37. The van der Waals surface area contributed by atoms with Gasteiger partial charge in [-0.15, -0.1) is 0 Å². The Morgan fingerprint density at radius 3 is 3.00 bits per heavy atom. The van der Waals surface area contributed by atoms with E-state index in [2.05, 4.69) is 64.7 Å². The minimum absolute atomic E-state index is 0.931. The van der Waals surface area contributed by atoms with Crippen molar-refractivity contribution in [2.24, 2.45) is 0 Å². The van der Waals surface area contributed by atoms with E-state index in [1.807, 2.05) is 6.20 Å². The fourth-order valence-corrected chi connectivity index (χ4v) is 3.52. The number of hydrogen-bond acceptors (Lipinski definition) is 2. The van der Waals surface area contributed by atoms with Crippen molar-refractivity contribution in [2.45, 2.75) is 26.8 Å². The van der Waals surface area contributed by atoms with Crippen LogP contribution in [0.4, 0.5) is 0 Å². The molecular weight excluding hydrogens is 284 g/mol. The van der Waals surface area contributed by atoms with Crippen LogP contribution in [0.3, 0.4) is 0 Å². The number of benzene rings is 1. The summed E-state index contributed by atoms with van der Waals surface area (Å²) in [6, 6.07) is 6.76. The van der Waals surface area contributed by atoms with Crippen LogP contribution in [0.1, 0.15) is 29.6 Å². The van der Waals surface area contributed by atoms with Crippen molar-refractivity contribution in [2.75, 3.05) is 13.6 Å². The van der Waals surface area contributed by atoms with E-state index in [1.165, 1.54) is 27.7 Å². The summed E-state index contributed by atoms with van der Waals surface area (Å²) in [6.45, 7) is 6.41. The molecule has 0 atom stereocenters. The second-order valence-corrected chi connectivity index (χ2v) is 6.55. The summed E-state index contributed by atoms with van der Waals surface area (Å²) in [6.07, 6.45) is 6.98. The highest BCUT2D eigenvalue weighted by atomic mass is 15.1. The van der Waals surface area contributed by atoms with Crippen molar-refractivity contribution in [3.8, 4) is 0 Å². The van der Waals surface area contributed by atoms with Gasteiger partial charge in [0.25, 0.3) is 0 Å². The van der Waals surface area contributed by atoms with Crippen LogP contribution in [0.15, 0.2) is 30.6 Å². The number of likely N-dealkylation sites (N-methyl/N-ethyl adjacent to an activating group) is 1. The van der Waals surface area contributed by atoms with Crippen LogP contribution < -0.4 is 0 Å². The summed E-state index contributed by atoms with van der Waals surface area (Å²) < 4.78 is 2.37. The highest BCUT2D eigenvalue weighted by Crippen LogP contribution is 2.32. The lowest BCUT2D eigenvalue weighted by atomic mass is 10.0. The van der Waals surface area contributed by atoms with Crippen LogP contribution in [0.5, 0.6) is 0 Å². The van der Waals surface area contributed by atoms with Gasteiger partial charge in [-0.3, -0.25) is 0 Å². The maximum Gasteiger partial charge on any atom is 0.134 e. The predicted octanol–water partition coefficient (Wildman–Crippen LogP) is 3.68. The SMILES string of the molecule is CC(=Cn1c2c(c3cc(C)ccc31)CN(C)CC2)c1ncc[nH]1. The number of hydrogen-bond donors (Lipinski definition) is 1. The first kappa shape index (κ1) is 14.3. The summed E-state index contributed by atoms with van der Waals surface area (Å²) in [5.41, 5.74) is 6.67. The molecule has 0 aliphatic carbocycles. The number of fused-ring (bicyclic) bond motifs is 3. The number of aromatic nitrogens is 3. The van der Waals surface area contributed by atoms with Gasteiger partial charge in [-0.25, -0.2) is 4.98 Å². The minimum atomic E-state index is 0.931. The van der Waals surface area contributed by atoms with E-state index in [0.29, 0.717) is 0 Å². The average molecular weight is 306 g/mol. The molecule has 4 rings (SSSR count). The Morgan fingerprint density at radius 1 is 1.35 bits per heavy atom. The van der Waals surface area contributed by atoms with Crippen molar-refractivity contribution in [3.05, 3.63) is 53.2 Å². The Kier molecular flexibility index (Phi) is 3.34. The van der Waals surface area contributed by atoms with E-state index in [4.69, 9.17) is 0 Å². The normalized spacial score (nSPS) is 16.0. The van der Waals surface area contributed by atoms with Gasteiger partial charge >= 0.3 is 0 Å². The van der Waals surface area contributed by atoms with Crippen molar-refractivity contribution in [3.63, 3.8) is 0 Å². The number of imidazole rings is 1. The van der Waals surface area contributed by atoms with Crippen LogP contribution in [-0.4, -0.2) is 33.0 Å². The second-order valence-electron chi connectivity index (χ2n) is 6.55. The molecule has 0 saturated heterocycles. The van der Waals surface area contributed by atoms with E-state index in [0.717, 1.165) is 30.9 Å². The number of aromatic amines is 1. The highest BCUT2D eigenvalue weighted by Gasteiger charge is 2.21. The van der Waals surface area contributed by atoms with Gasteiger partial charge in [0.2, 0.25) is 0 Å². The molecule has 3 heterocycles. The fraction of sp³-hybridized carbons (Fsp3) is 0.316.